The predicted molar refractivity (Wildman–Crippen MR) is 65.8 cm³/mol. The Morgan fingerprint density at radius 3 is 2.94 bits per heavy atom. The lowest BCUT2D eigenvalue weighted by atomic mass is 9.97. The first-order valence-corrected chi connectivity index (χ1v) is 6.60. The van der Waals surface area contributed by atoms with Gasteiger partial charge >= 0.3 is 0 Å². The van der Waals surface area contributed by atoms with Crippen molar-refractivity contribution in [2.45, 2.75) is 44.2 Å². The molecule has 5 nitrogen and oxygen atoms in total. The van der Waals surface area contributed by atoms with E-state index in [4.69, 9.17) is 5.73 Å². The van der Waals surface area contributed by atoms with Crippen molar-refractivity contribution in [2.24, 2.45) is 5.73 Å². The van der Waals surface area contributed by atoms with Crippen LogP contribution in [0.2, 0.25) is 0 Å². The Kier molecular flexibility index (Phi) is 2.88. The zero-order valence-corrected chi connectivity index (χ0v) is 10.5. The molecule has 0 radical (unpaired) electrons. The second-order valence-corrected chi connectivity index (χ2v) is 5.49. The topological polar surface area (TPSA) is 60.0 Å². The van der Waals surface area contributed by atoms with Gasteiger partial charge in [0, 0.05) is 31.5 Å². The highest BCUT2D eigenvalue weighted by molar-refractivity contribution is 5.07. The number of nitrogens with zero attached hydrogens (tertiary/aromatic N) is 4. The van der Waals surface area contributed by atoms with Crippen molar-refractivity contribution in [3.8, 4) is 0 Å². The number of likely N-dealkylation sites (N-methyl/N-ethyl adjacent to an activating group) is 1. The van der Waals surface area contributed by atoms with Gasteiger partial charge in [0.25, 0.3) is 0 Å². The van der Waals surface area contributed by atoms with Gasteiger partial charge in [-0.2, -0.15) is 0 Å². The monoisotopic (exact) mass is 235 g/mol. The molecule has 1 fully saturated rings. The van der Waals surface area contributed by atoms with E-state index in [1.807, 2.05) is 0 Å². The maximum absolute atomic E-state index is 6.05. The van der Waals surface area contributed by atoms with Crippen LogP contribution < -0.4 is 5.73 Å². The molecule has 2 aliphatic heterocycles. The molecule has 2 N–H and O–H groups in total. The van der Waals surface area contributed by atoms with E-state index < -0.39 is 0 Å². The molecule has 3 rings (SSSR count). The summed E-state index contributed by atoms with van der Waals surface area (Å²) in [6.45, 7) is 3.21. The van der Waals surface area contributed by atoms with Crippen LogP contribution in [0.3, 0.4) is 0 Å². The zero-order valence-electron chi connectivity index (χ0n) is 10.5. The zero-order chi connectivity index (χ0) is 11.8. The molecule has 1 aromatic heterocycles. The molecular weight excluding hydrogens is 214 g/mol. The normalized spacial score (nSPS) is 30.2. The number of aryl methyl sites for hydroxylation is 1. The van der Waals surface area contributed by atoms with E-state index in [1.165, 1.54) is 25.2 Å². The third kappa shape index (κ3) is 2.09. The number of piperidine rings is 1. The summed E-state index contributed by atoms with van der Waals surface area (Å²) in [7, 11) is 2.19. The minimum Gasteiger partial charge on any atom is -0.326 e. The van der Waals surface area contributed by atoms with Crippen LogP contribution in [-0.4, -0.2) is 45.8 Å². The van der Waals surface area contributed by atoms with Gasteiger partial charge in [-0.25, -0.2) is 0 Å². The third-order valence-electron chi connectivity index (χ3n) is 4.00. The smallest absolute Gasteiger partial charge is 0.137 e. The van der Waals surface area contributed by atoms with E-state index in [2.05, 4.69) is 26.7 Å². The molecular formula is C12H21N5. The van der Waals surface area contributed by atoms with Crippen LogP contribution in [0.5, 0.6) is 0 Å². The van der Waals surface area contributed by atoms with E-state index in [9.17, 15) is 0 Å². The van der Waals surface area contributed by atoms with E-state index in [0.717, 1.165) is 31.8 Å². The molecule has 0 amide bonds. The molecule has 0 spiro atoms. The van der Waals surface area contributed by atoms with Crippen molar-refractivity contribution in [3.63, 3.8) is 0 Å². The van der Waals surface area contributed by atoms with Crippen molar-refractivity contribution in [1.29, 1.82) is 0 Å². The van der Waals surface area contributed by atoms with Crippen LogP contribution in [0, 0.1) is 0 Å². The van der Waals surface area contributed by atoms with Gasteiger partial charge in [-0.1, -0.05) is 0 Å². The van der Waals surface area contributed by atoms with Crippen molar-refractivity contribution < 1.29 is 0 Å². The summed E-state index contributed by atoms with van der Waals surface area (Å²) in [5, 5.41) is 8.75. The van der Waals surface area contributed by atoms with Gasteiger partial charge in [0.05, 0.1) is 0 Å². The summed E-state index contributed by atoms with van der Waals surface area (Å²) in [5.74, 6) is 2.84. The molecule has 0 aliphatic carbocycles. The largest absolute Gasteiger partial charge is 0.326 e. The number of nitrogens with two attached hydrogens (primary N) is 1. The Labute approximate surface area is 102 Å². The Hall–Kier alpha value is -0.940. The van der Waals surface area contributed by atoms with Crippen LogP contribution in [0.4, 0.5) is 0 Å². The maximum atomic E-state index is 6.05. The Bertz CT molecular complexity index is 400. The standard InChI is InChI=1S/C12H21N5/c1-16-6-2-3-9(7-16)12-15-14-11-5-4-10(13)8-17(11)12/h9-10H,2-8,13H2,1H3. The summed E-state index contributed by atoms with van der Waals surface area (Å²) >= 11 is 0. The Morgan fingerprint density at radius 2 is 2.12 bits per heavy atom. The van der Waals surface area contributed by atoms with Crippen molar-refractivity contribution in [2.75, 3.05) is 20.1 Å². The molecule has 94 valence electrons. The second kappa shape index (κ2) is 4.38. The summed E-state index contributed by atoms with van der Waals surface area (Å²) in [6.07, 6.45) is 4.52. The third-order valence-corrected chi connectivity index (χ3v) is 4.00. The number of hydrogen-bond acceptors (Lipinski definition) is 4. The van der Waals surface area contributed by atoms with Gasteiger partial charge < -0.3 is 15.2 Å². The molecule has 17 heavy (non-hydrogen) atoms. The molecule has 0 aromatic carbocycles. The highest BCUT2D eigenvalue weighted by Gasteiger charge is 2.27. The van der Waals surface area contributed by atoms with Gasteiger partial charge in [-0.15, -0.1) is 10.2 Å². The lowest BCUT2D eigenvalue weighted by Gasteiger charge is -2.30. The van der Waals surface area contributed by atoms with Gasteiger partial charge in [-0.3, -0.25) is 0 Å². The average Bonchev–Trinajstić information content (AvgIpc) is 2.71. The number of fused-ring (bicyclic) bond motifs is 1. The molecule has 0 saturated carbocycles. The quantitative estimate of drug-likeness (QED) is 0.763. The van der Waals surface area contributed by atoms with Gasteiger partial charge in [-0.05, 0) is 32.9 Å². The van der Waals surface area contributed by atoms with E-state index in [1.54, 1.807) is 0 Å². The van der Waals surface area contributed by atoms with E-state index >= 15 is 0 Å². The van der Waals surface area contributed by atoms with Crippen molar-refractivity contribution in [1.82, 2.24) is 19.7 Å². The minimum atomic E-state index is 0.276. The molecule has 0 bridgehead atoms. The molecule has 3 heterocycles. The number of aromatic nitrogens is 3. The lowest BCUT2D eigenvalue weighted by Crippen LogP contribution is -2.36. The number of hydrogen-bond donors (Lipinski definition) is 1. The molecule has 1 saturated heterocycles. The molecule has 2 atom stereocenters. The fourth-order valence-electron chi connectivity index (χ4n) is 3.05. The average molecular weight is 235 g/mol. The Morgan fingerprint density at radius 1 is 1.24 bits per heavy atom. The van der Waals surface area contributed by atoms with Crippen LogP contribution in [0.15, 0.2) is 0 Å². The SMILES string of the molecule is CN1CCCC(c2nnc3n2CC(N)CC3)C1. The first-order chi connectivity index (χ1) is 8.24. The highest BCUT2D eigenvalue weighted by Crippen LogP contribution is 2.27. The van der Waals surface area contributed by atoms with E-state index in [0.29, 0.717) is 5.92 Å². The lowest BCUT2D eigenvalue weighted by molar-refractivity contribution is 0.241. The molecule has 5 heteroatoms. The predicted octanol–water partition coefficient (Wildman–Crippen LogP) is 0.361. The van der Waals surface area contributed by atoms with Crippen LogP contribution in [-0.2, 0) is 13.0 Å². The summed E-state index contributed by atoms with van der Waals surface area (Å²) in [6, 6.07) is 0.276. The Balaban J connectivity index is 1.85. The van der Waals surface area contributed by atoms with Gasteiger partial charge in [0.15, 0.2) is 0 Å². The fourth-order valence-corrected chi connectivity index (χ4v) is 3.05. The molecule has 1 aromatic rings. The van der Waals surface area contributed by atoms with Crippen molar-refractivity contribution in [3.05, 3.63) is 11.6 Å². The van der Waals surface area contributed by atoms with E-state index in [-0.39, 0.29) is 6.04 Å². The number of rotatable bonds is 1. The molecule has 2 unspecified atom stereocenters. The summed E-state index contributed by atoms with van der Waals surface area (Å²) < 4.78 is 2.28. The fraction of sp³-hybridized carbons (Fsp3) is 0.833. The number of likely N-dealkylation sites (tertiary alicyclic amines) is 1. The van der Waals surface area contributed by atoms with Crippen LogP contribution >= 0.6 is 0 Å². The van der Waals surface area contributed by atoms with Crippen LogP contribution in [0.25, 0.3) is 0 Å². The van der Waals surface area contributed by atoms with Gasteiger partial charge in [0.1, 0.15) is 11.6 Å². The maximum Gasteiger partial charge on any atom is 0.137 e. The second-order valence-electron chi connectivity index (χ2n) is 5.49. The van der Waals surface area contributed by atoms with Crippen LogP contribution in [0.1, 0.15) is 36.8 Å². The first kappa shape index (κ1) is 11.2. The molecule has 2 aliphatic rings. The van der Waals surface area contributed by atoms with Crippen molar-refractivity contribution >= 4 is 0 Å². The summed E-state index contributed by atoms with van der Waals surface area (Å²) in [4.78, 5) is 2.39. The van der Waals surface area contributed by atoms with Gasteiger partial charge in [0.2, 0.25) is 0 Å². The summed E-state index contributed by atoms with van der Waals surface area (Å²) in [5.41, 5.74) is 6.05. The minimum absolute atomic E-state index is 0.276. The highest BCUT2D eigenvalue weighted by atomic mass is 15.3. The first-order valence-electron chi connectivity index (χ1n) is 6.60.